The lowest BCUT2D eigenvalue weighted by Crippen LogP contribution is -2.37. The predicted molar refractivity (Wildman–Crippen MR) is 79.9 cm³/mol. The molecule has 0 aromatic heterocycles. The summed E-state index contributed by atoms with van der Waals surface area (Å²) in [7, 11) is 0. The third kappa shape index (κ3) is 4.11. The first-order valence-corrected chi connectivity index (χ1v) is 6.98. The number of nitrogens with two attached hydrogens (primary N) is 1. The molecule has 0 aliphatic rings. The van der Waals surface area contributed by atoms with E-state index in [9.17, 15) is 0 Å². The van der Waals surface area contributed by atoms with Crippen LogP contribution in [0.2, 0.25) is 0 Å². The molecule has 102 valence electrons. The van der Waals surface area contributed by atoms with Crippen molar-refractivity contribution in [1.29, 1.82) is 0 Å². The van der Waals surface area contributed by atoms with Crippen LogP contribution in [0.4, 0.5) is 0 Å². The first-order chi connectivity index (χ1) is 8.51. The smallest absolute Gasteiger partial charge is 0.00434 e. The largest absolute Gasteiger partial charge is 0.330 e. The molecule has 0 spiro atoms. The average molecular weight is 248 g/mol. The normalized spacial score (nSPS) is 13.6. The molecule has 3 N–H and O–H groups in total. The Kier molecular flexibility index (Phi) is 5.83. The first-order valence-electron chi connectivity index (χ1n) is 6.98. The van der Waals surface area contributed by atoms with Crippen LogP contribution in [0.5, 0.6) is 0 Å². The molecule has 0 fully saturated rings. The maximum atomic E-state index is 5.73. The topological polar surface area (TPSA) is 38.0 Å². The molecular formula is C16H28N2. The van der Waals surface area contributed by atoms with E-state index in [4.69, 9.17) is 5.73 Å². The van der Waals surface area contributed by atoms with Crippen LogP contribution in [0.3, 0.4) is 0 Å². The summed E-state index contributed by atoms with van der Waals surface area (Å²) in [5.41, 5.74) is 8.69. The highest BCUT2D eigenvalue weighted by Gasteiger charge is 2.21. The van der Waals surface area contributed by atoms with Gasteiger partial charge in [-0.25, -0.2) is 0 Å². The zero-order chi connectivity index (χ0) is 13.6. The fourth-order valence-corrected chi connectivity index (χ4v) is 2.41. The van der Waals surface area contributed by atoms with E-state index < -0.39 is 0 Å². The van der Waals surface area contributed by atoms with Crippen LogP contribution < -0.4 is 11.1 Å². The van der Waals surface area contributed by atoms with Crippen molar-refractivity contribution in [2.75, 3.05) is 19.6 Å². The molecule has 0 heterocycles. The summed E-state index contributed by atoms with van der Waals surface area (Å²) in [6.07, 6.45) is 1.15. The molecule has 0 saturated heterocycles. The minimum Gasteiger partial charge on any atom is -0.330 e. The van der Waals surface area contributed by atoms with Crippen LogP contribution in [0.25, 0.3) is 0 Å². The Balaban J connectivity index is 2.57. The third-order valence-electron chi connectivity index (χ3n) is 3.78. The van der Waals surface area contributed by atoms with E-state index in [1.807, 2.05) is 0 Å². The number of nitrogens with one attached hydrogen (secondary N) is 1. The van der Waals surface area contributed by atoms with Gasteiger partial charge < -0.3 is 11.1 Å². The van der Waals surface area contributed by atoms with Gasteiger partial charge in [-0.3, -0.25) is 0 Å². The second-order valence-electron chi connectivity index (χ2n) is 5.84. The minimum absolute atomic E-state index is 0.165. The maximum absolute atomic E-state index is 5.73. The molecule has 0 aliphatic heterocycles. The first kappa shape index (κ1) is 15.2. The number of benzene rings is 1. The van der Waals surface area contributed by atoms with Crippen molar-refractivity contribution in [1.82, 2.24) is 5.32 Å². The standard InChI is InChI=1S/C16H28N2/c1-5-14(10-17)11-18-12-16(3,4)15-9-7-6-8-13(15)2/h6-9,14,18H,5,10-12,17H2,1-4H3. The molecule has 1 aromatic carbocycles. The molecule has 1 aromatic rings. The number of aryl methyl sites for hydroxylation is 1. The minimum atomic E-state index is 0.165. The van der Waals surface area contributed by atoms with Gasteiger partial charge in [0.15, 0.2) is 0 Å². The highest BCUT2D eigenvalue weighted by atomic mass is 14.9. The van der Waals surface area contributed by atoms with Gasteiger partial charge in [0.1, 0.15) is 0 Å². The third-order valence-corrected chi connectivity index (χ3v) is 3.78. The van der Waals surface area contributed by atoms with Gasteiger partial charge in [0.2, 0.25) is 0 Å². The van der Waals surface area contributed by atoms with E-state index in [1.54, 1.807) is 0 Å². The molecule has 2 nitrogen and oxygen atoms in total. The van der Waals surface area contributed by atoms with E-state index in [-0.39, 0.29) is 5.41 Å². The van der Waals surface area contributed by atoms with Gasteiger partial charge in [-0.15, -0.1) is 0 Å². The Labute approximate surface area is 112 Å². The Hall–Kier alpha value is -0.860. The lowest BCUT2D eigenvalue weighted by atomic mass is 9.82. The Morgan fingerprint density at radius 2 is 1.94 bits per heavy atom. The monoisotopic (exact) mass is 248 g/mol. The molecule has 2 heteroatoms. The average Bonchev–Trinajstić information content (AvgIpc) is 2.35. The van der Waals surface area contributed by atoms with E-state index in [2.05, 4.69) is 57.3 Å². The highest BCUT2D eigenvalue weighted by Crippen LogP contribution is 2.25. The molecule has 18 heavy (non-hydrogen) atoms. The summed E-state index contributed by atoms with van der Waals surface area (Å²) in [4.78, 5) is 0. The Morgan fingerprint density at radius 3 is 2.50 bits per heavy atom. The van der Waals surface area contributed by atoms with Crippen molar-refractivity contribution >= 4 is 0 Å². The number of hydrogen-bond donors (Lipinski definition) is 2. The molecule has 1 unspecified atom stereocenters. The van der Waals surface area contributed by atoms with Gasteiger partial charge >= 0.3 is 0 Å². The predicted octanol–water partition coefficient (Wildman–Crippen LogP) is 2.85. The molecule has 0 amide bonds. The lowest BCUT2D eigenvalue weighted by Gasteiger charge is -2.28. The van der Waals surface area contributed by atoms with Crippen LogP contribution in [-0.2, 0) is 5.41 Å². The zero-order valence-electron chi connectivity index (χ0n) is 12.3. The van der Waals surface area contributed by atoms with Crippen molar-refractivity contribution in [2.24, 2.45) is 11.7 Å². The van der Waals surface area contributed by atoms with Gasteiger partial charge in [-0.05, 0) is 37.1 Å². The van der Waals surface area contributed by atoms with E-state index in [1.165, 1.54) is 11.1 Å². The van der Waals surface area contributed by atoms with Gasteiger partial charge in [0, 0.05) is 12.0 Å². The Bertz CT molecular complexity index is 354. The van der Waals surface area contributed by atoms with Crippen LogP contribution in [0.1, 0.15) is 38.3 Å². The van der Waals surface area contributed by atoms with Crippen LogP contribution in [-0.4, -0.2) is 19.6 Å². The SMILES string of the molecule is CCC(CN)CNCC(C)(C)c1ccccc1C. The van der Waals surface area contributed by atoms with Crippen molar-refractivity contribution < 1.29 is 0 Å². The van der Waals surface area contributed by atoms with Crippen molar-refractivity contribution in [3.8, 4) is 0 Å². The second-order valence-corrected chi connectivity index (χ2v) is 5.84. The summed E-state index contributed by atoms with van der Waals surface area (Å²) in [5, 5.41) is 3.57. The fraction of sp³-hybridized carbons (Fsp3) is 0.625. The molecule has 0 saturated carbocycles. The molecular weight excluding hydrogens is 220 g/mol. The second kappa shape index (κ2) is 6.91. The maximum Gasteiger partial charge on any atom is 0.00434 e. The van der Waals surface area contributed by atoms with E-state index >= 15 is 0 Å². The summed E-state index contributed by atoms with van der Waals surface area (Å²) in [5.74, 6) is 0.595. The quantitative estimate of drug-likeness (QED) is 0.778. The van der Waals surface area contributed by atoms with Crippen LogP contribution in [0.15, 0.2) is 24.3 Å². The summed E-state index contributed by atoms with van der Waals surface area (Å²) in [6, 6.07) is 8.64. The molecule has 1 rings (SSSR count). The van der Waals surface area contributed by atoms with E-state index in [0.29, 0.717) is 5.92 Å². The zero-order valence-corrected chi connectivity index (χ0v) is 12.3. The van der Waals surface area contributed by atoms with E-state index in [0.717, 1.165) is 26.1 Å². The van der Waals surface area contributed by atoms with Crippen molar-refractivity contribution in [3.05, 3.63) is 35.4 Å². The molecule has 0 aliphatic carbocycles. The van der Waals surface area contributed by atoms with Crippen LogP contribution in [0, 0.1) is 12.8 Å². The fourth-order valence-electron chi connectivity index (χ4n) is 2.41. The molecule has 0 radical (unpaired) electrons. The van der Waals surface area contributed by atoms with Gasteiger partial charge in [0.05, 0.1) is 0 Å². The van der Waals surface area contributed by atoms with Gasteiger partial charge in [-0.2, -0.15) is 0 Å². The lowest BCUT2D eigenvalue weighted by molar-refractivity contribution is 0.414. The highest BCUT2D eigenvalue weighted by molar-refractivity contribution is 5.32. The summed E-state index contributed by atoms with van der Waals surface area (Å²) in [6.45, 7) is 11.8. The molecule has 0 bridgehead atoms. The van der Waals surface area contributed by atoms with Gasteiger partial charge in [0.25, 0.3) is 0 Å². The Morgan fingerprint density at radius 1 is 1.28 bits per heavy atom. The molecule has 1 atom stereocenters. The number of hydrogen-bond acceptors (Lipinski definition) is 2. The summed E-state index contributed by atoms with van der Waals surface area (Å²) >= 11 is 0. The van der Waals surface area contributed by atoms with Crippen molar-refractivity contribution in [2.45, 2.75) is 39.5 Å². The van der Waals surface area contributed by atoms with Crippen molar-refractivity contribution in [3.63, 3.8) is 0 Å². The van der Waals surface area contributed by atoms with Gasteiger partial charge in [-0.1, -0.05) is 51.5 Å². The number of rotatable bonds is 7. The summed E-state index contributed by atoms with van der Waals surface area (Å²) < 4.78 is 0. The van der Waals surface area contributed by atoms with Crippen LogP contribution >= 0.6 is 0 Å².